The molecule has 0 saturated carbocycles. The van der Waals surface area contributed by atoms with E-state index in [-0.39, 0.29) is 11.8 Å². The fourth-order valence-corrected chi connectivity index (χ4v) is 2.79. The minimum atomic E-state index is -0.304. The third kappa shape index (κ3) is 2.66. The van der Waals surface area contributed by atoms with Crippen LogP contribution in [0.4, 0.5) is 5.69 Å². The topological polar surface area (TPSA) is 44.1 Å². The van der Waals surface area contributed by atoms with Gasteiger partial charge in [0.15, 0.2) is 0 Å². The summed E-state index contributed by atoms with van der Waals surface area (Å²) in [5.74, 6) is -0.203. The molecule has 0 N–H and O–H groups in total. The lowest BCUT2D eigenvalue weighted by Crippen LogP contribution is -2.38. The Morgan fingerprint density at radius 3 is 2.52 bits per heavy atom. The number of carbonyl (C=O) groups is 1. The molecular formula is C18H16N2O. The quantitative estimate of drug-likeness (QED) is 0.863. The minimum Gasteiger partial charge on any atom is -0.310 e. The Morgan fingerprint density at radius 2 is 1.76 bits per heavy atom. The summed E-state index contributed by atoms with van der Waals surface area (Å²) in [6.45, 7) is 0.413. The highest BCUT2D eigenvalue weighted by molar-refractivity contribution is 5.96. The number of nitriles is 1. The Hall–Kier alpha value is -2.60. The molecule has 21 heavy (non-hydrogen) atoms. The molecule has 3 heteroatoms. The van der Waals surface area contributed by atoms with E-state index < -0.39 is 0 Å². The Kier molecular flexibility index (Phi) is 3.70. The zero-order valence-electron chi connectivity index (χ0n) is 11.7. The number of hydrogen-bond donors (Lipinski definition) is 0. The Labute approximate surface area is 124 Å². The van der Waals surface area contributed by atoms with Crippen LogP contribution in [0, 0.1) is 11.3 Å². The highest BCUT2D eigenvalue weighted by Gasteiger charge is 2.26. The maximum atomic E-state index is 12.3. The molecule has 0 spiro atoms. The van der Waals surface area contributed by atoms with E-state index in [4.69, 9.17) is 0 Å². The molecule has 3 nitrogen and oxygen atoms in total. The number of aryl methyl sites for hydroxylation is 1. The molecule has 1 aliphatic heterocycles. The van der Waals surface area contributed by atoms with Crippen LogP contribution in [0.3, 0.4) is 0 Å². The van der Waals surface area contributed by atoms with Gasteiger partial charge in [-0.1, -0.05) is 48.5 Å². The van der Waals surface area contributed by atoms with Crippen molar-refractivity contribution >= 4 is 11.6 Å². The van der Waals surface area contributed by atoms with Crippen molar-refractivity contribution in [3.05, 3.63) is 65.7 Å². The second-order valence-corrected chi connectivity index (χ2v) is 5.23. The molecule has 3 rings (SSSR count). The van der Waals surface area contributed by atoms with Crippen LogP contribution in [-0.2, 0) is 11.2 Å². The molecule has 1 unspecified atom stereocenters. The maximum absolute atomic E-state index is 12.3. The normalized spacial score (nSPS) is 15.2. The molecule has 0 saturated heterocycles. The van der Waals surface area contributed by atoms with Gasteiger partial charge in [-0.05, 0) is 23.6 Å². The zero-order chi connectivity index (χ0) is 14.7. The summed E-state index contributed by atoms with van der Waals surface area (Å²) in [6, 6.07) is 19.9. The van der Waals surface area contributed by atoms with Crippen molar-refractivity contribution in [2.75, 3.05) is 11.4 Å². The first kappa shape index (κ1) is 13.4. The van der Waals surface area contributed by atoms with Gasteiger partial charge in [0, 0.05) is 18.7 Å². The van der Waals surface area contributed by atoms with Crippen LogP contribution in [0.5, 0.6) is 0 Å². The summed E-state index contributed by atoms with van der Waals surface area (Å²) in [4.78, 5) is 14.0. The number of hydrogen-bond acceptors (Lipinski definition) is 2. The van der Waals surface area contributed by atoms with Gasteiger partial charge in [-0.15, -0.1) is 0 Å². The average molecular weight is 276 g/mol. The third-order valence-corrected chi connectivity index (χ3v) is 3.91. The van der Waals surface area contributed by atoms with Gasteiger partial charge in [-0.2, -0.15) is 5.26 Å². The van der Waals surface area contributed by atoms with Gasteiger partial charge in [0.05, 0.1) is 12.0 Å². The van der Waals surface area contributed by atoms with Gasteiger partial charge in [-0.25, -0.2) is 0 Å². The number of fused-ring (bicyclic) bond motifs is 1. The van der Waals surface area contributed by atoms with E-state index in [1.54, 1.807) is 4.90 Å². The van der Waals surface area contributed by atoms with Crippen molar-refractivity contribution in [3.63, 3.8) is 0 Å². The monoisotopic (exact) mass is 276 g/mol. The number of benzene rings is 2. The van der Waals surface area contributed by atoms with E-state index in [0.717, 1.165) is 17.7 Å². The third-order valence-electron chi connectivity index (χ3n) is 3.91. The number of nitrogens with zero attached hydrogens (tertiary/aromatic N) is 2. The minimum absolute atomic E-state index is 0.102. The van der Waals surface area contributed by atoms with Crippen LogP contribution < -0.4 is 4.90 Å². The number of amides is 1. The first-order valence-corrected chi connectivity index (χ1v) is 7.12. The van der Waals surface area contributed by atoms with Gasteiger partial charge in [0.2, 0.25) is 5.91 Å². The predicted molar refractivity (Wildman–Crippen MR) is 81.9 cm³/mol. The van der Waals surface area contributed by atoms with Gasteiger partial charge >= 0.3 is 0 Å². The van der Waals surface area contributed by atoms with E-state index in [1.807, 2.05) is 48.5 Å². The van der Waals surface area contributed by atoms with E-state index >= 15 is 0 Å². The number of para-hydroxylation sites is 1. The first-order valence-electron chi connectivity index (χ1n) is 7.12. The molecule has 2 aromatic carbocycles. The molecule has 1 heterocycles. The lowest BCUT2D eigenvalue weighted by molar-refractivity contribution is -0.118. The van der Waals surface area contributed by atoms with Crippen LogP contribution in [-0.4, -0.2) is 12.5 Å². The molecule has 0 fully saturated rings. The number of rotatable bonds is 3. The molecule has 104 valence electrons. The summed E-state index contributed by atoms with van der Waals surface area (Å²) in [7, 11) is 0. The first-order chi connectivity index (χ1) is 10.3. The smallest absolute Gasteiger partial charge is 0.227 e. The van der Waals surface area contributed by atoms with Crippen LogP contribution in [0.2, 0.25) is 0 Å². The van der Waals surface area contributed by atoms with Gasteiger partial charge in [0.25, 0.3) is 0 Å². The second kappa shape index (κ2) is 5.80. The Bertz CT molecular complexity index is 688. The summed E-state index contributed by atoms with van der Waals surface area (Å²) in [5, 5.41) is 9.46. The highest BCUT2D eigenvalue weighted by atomic mass is 16.2. The van der Waals surface area contributed by atoms with Gasteiger partial charge in [-0.3, -0.25) is 4.79 Å². The fraction of sp³-hybridized carbons (Fsp3) is 0.222. The van der Waals surface area contributed by atoms with Gasteiger partial charge < -0.3 is 4.90 Å². The lowest BCUT2D eigenvalue weighted by Gasteiger charge is -2.30. The fourth-order valence-electron chi connectivity index (χ4n) is 2.79. The lowest BCUT2D eigenvalue weighted by atomic mass is 9.96. The average Bonchev–Trinajstić information content (AvgIpc) is 2.55. The van der Waals surface area contributed by atoms with E-state index in [9.17, 15) is 10.1 Å². The molecule has 1 aliphatic rings. The molecule has 2 aromatic rings. The van der Waals surface area contributed by atoms with Crippen LogP contribution in [0.1, 0.15) is 23.5 Å². The standard InChI is InChI=1S/C18H16N2O/c19-12-16(14-6-2-1-3-7-14)13-20-17-9-5-4-8-15(17)10-11-18(20)21/h1-9,16H,10-11,13H2. The Balaban J connectivity index is 1.90. The van der Waals surface area contributed by atoms with Crippen LogP contribution in [0.15, 0.2) is 54.6 Å². The molecule has 1 atom stereocenters. The molecule has 0 bridgehead atoms. The van der Waals surface area contributed by atoms with Crippen molar-refractivity contribution in [2.24, 2.45) is 0 Å². The van der Waals surface area contributed by atoms with E-state index in [2.05, 4.69) is 12.1 Å². The molecule has 1 amide bonds. The van der Waals surface area contributed by atoms with Crippen molar-refractivity contribution in [2.45, 2.75) is 18.8 Å². The molecule has 0 aliphatic carbocycles. The Morgan fingerprint density at radius 1 is 1.05 bits per heavy atom. The summed E-state index contributed by atoms with van der Waals surface area (Å²) >= 11 is 0. The van der Waals surface area contributed by atoms with Crippen molar-refractivity contribution in [1.29, 1.82) is 5.26 Å². The van der Waals surface area contributed by atoms with E-state index in [0.29, 0.717) is 13.0 Å². The van der Waals surface area contributed by atoms with Crippen molar-refractivity contribution in [1.82, 2.24) is 0 Å². The zero-order valence-corrected chi connectivity index (χ0v) is 11.7. The number of anilines is 1. The molecular weight excluding hydrogens is 260 g/mol. The van der Waals surface area contributed by atoms with Crippen LogP contribution >= 0.6 is 0 Å². The highest BCUT2D eigenvalue weighted by Crippen LogP contribution is 2.29. The van der Waals surface area contributed by atoms with E-state index in [1.165, 1.54) is 5.56 Å². The largest absolute Gasteiger partial charge is 0.310 e. The molecule has 0 radical (unpaired) electrons. The maximum Gasteiger partial charge on any atom is 0.227 e. The number of carbonyl (C=O) groups excluding carboxylic acids is 1. The predicted octanol–water partition coefficient (Wildman–Crippen LogP) is 3.27. The van der Waals surface area contributed by atoms with Crippen molar-refractivity contribution < 1.29 is 4.79 Å². The van der Waals surface area contributed by atoms with Crippen molar-refractivity contribution in [3.8, 4) is 6.07 Å². The molecule has 0 aromatic heterocycles. The summed E-state index contributed by atoms with van der Waals surface area (Å²) < 4.78 is 0. The SMILES string of the molecule is N#CC(CN1C(=O)CCc2ccccc21)c1ccccc1. The summed E-state index contributed by atoms with van der Waals surface area (Å²) in [5.41, 5.74) is 3.09. The second-order valence-electron chi connectivity index (χ2n) is 5.23. The van der Waals surface area contributed by atoms with Crippen LogP contribution in [0.25, 0.3) is 0 Å². The summed E-state index contributed by atoms with van der Waals surface area (Å²) in [6.07, 6.45) is 1.30. The van der Waals surface area contributed by atoms with Gasteiger partial charge in [0.1, 0.15) is 0 Å².